The van der Waals surface area contributed by atoms with E-state index in [9.17, 15) is 4.79 Å². The maximum absolute atomic E-state index is 11.1. The largest absolute Gasteiger partial charge is 0.489 e. The van der Waals surface area contributed by atoms with Crippen molar-refractivity contribution in [1.82, 2.24) is 4.57 Å². The normalized spacial score (nSPS) is 10.8. The van der Waals surface area contributed by atoms with Crippen LogP contribution in [0.2, 0.25) is 0 Å². The number of fused-ring (bicyclic) bond motifs is 1. The zero-order valence-corrected chi connectivity index (χ0v) is 12.5. The second-order valence-corrected chi connectivity index (χ2v) is 5.40. The van der Waals surface area contributed by atoms with Crippen LogP contribution in [0.5, 0.6) is 5.75 Å². The smallest absolute Gasteiger partial charge is 0.335 e. The van der Waals surface area contributed by atoms with Crippen molar-refractivity contribution < 1.29 is 14.6 Å². The Balaban J connectivity index is 1.91. The van der Waals surface area contributed by atoms with E-state index in [0.29, 0.717) is 6.61 Å². The van der Waals surface area contributed by atoms with Gasteiger partial charge < -0.3 is 14.4 Å². The molecule has 1 heterocycles. The van der Waals surface area contributed by atoms with Crippen LogP contribution in [0.1, 0.15) is 21.5 Å². The molecular formula is C18H17NO3. The molecule has 1 aromatic heterocycles. The number of nitrogens with zero attached hydrogens (tertiary/aromatic N) is 1. The Morgan fingerprint density at radius 1 is 1.18 bits per heavy atom. The monoisotopic (exact) mass is 295 g/mol. The molecule has 112 valence electrons. The zero-order valence-electron chi connectivity index (χ0n) is 12.5. The molecule has 0 radical (unpaired) electrons. The maximum Gasteiger partial charge on any atom is 0.335 e. The van der Waals surface area contributed by atoms with Crippen molar-refractivity contribution in [2.24, 2.45) is 7.05 Å². The first-order valence-electron chi connectivity index (χ1n) is 7.05. The number of carboxylic acid groups (broad SMARTS) is 1. The highest BCUT2D eigenvalue weighted by molar-refractivity contribution is 5.94. The van der Waals surface area contributed by atoms with Crippen molar-refractivity contribution in [1.29, 1.82) is 0 Å². The molecule has 0 spiro atoms. The third kappa shape index (κ3) is 2.68. The number of carboxylic acids is 1. The molecule has 0 bridgehead atoms. The minimum Gasteiger partial charge on any atom is -0.489 e. The van der Waals surface area contributed by atoms with Gasteiger partial charge in [-0.3, -0.25) is 0 Å². The predicted octanol–water partition coefficient (Wildman–Crippen LogP) is 3.76. The average Bonchev–Trinajstić information content (AvgIpc) is 2.82. The van der Waals surface area contributed by atoms with Crippen LogP contribution in [0.25, 0.3) is 10.9 Å². The lowest BCUT2D eigenvalue weighted by Crippen LogP contribution is -1.97. The molecule has 1 N–H and O–H groups in total. The van der Waals surface area contributed by atoms with Crippen LogP contribution in [0.15, 0.2) is 48.7 Å². The summed E-state index contributed by atoms with van der Waals surface area (Å²) >= 11 is 0. The van der Waals surface area contributed by atoms with Gasteiger partial charge in [0.2, 0.25) is 0 Å². The Morgan fingerprint density at radius 2 is 1.91 bits per heavy atom. The van der Waals surface area contributed by atoms with E-state index in [1.165, 1.54) is 5.56 Å². The van der Waals surface area contributed by atoms with Gasteiger partial charge in [-0.1, -0.05) is 17.7 Å². The molecule has 4 heteroatoms. The number of aryl methyl sites for hydroxylation is 2. The molecule has 0 saturated carbocycles. The number of hydrogen-bond donors (Lipinski definition) is 1. The SMILES string of the molecule is Cc1ccc(OCc2cn(C)c3ccc(C(=O)O)cc23)cc1. The molecule has 0 atom stereocenters. The summed E-state index contributed by atoms with van der Waals surface area (Å²) in [4.78, 5) is 11.1. The van der Waals surface area contributed by atoms with E-state index in [-0.39, 0.29) is 5.56 Å². The summed E-state index contributed by atoms with van der Waals surface area (Å²) in [6.45, 7) is 2.44. The van der Waals surface area contributed by atoms with Crippen molar-refractivity contribution in [2.45, 2.75) is 13.5 Å². The van der Waals surface area contributed by atoms with Gasteiger partial charge in [0.1, 0.15) is 12.4 Å². The molecule has 3 aromatic rings. The van der Waals surface area contributed by atoms with E-state index < -0.39 is 5.97 Å². The van der Waals surface area contributed by atoms with Crippen molar-refractivity contribution >= 4 is 16.9 Å². The van der Waals surface area contributed by atoms with E-state index >= 15 is 0 Å². The van der Waals surface area contributed by atoms with Crippen LogP contribution in [-0.2, 0) is 13.7 Å². The van der Waals surface area contributed by atoms with E-state index in [0.717, 1.165) is 22.2 Å². The number of carbonyl (C=O) groups is 1. The Labute approximate surface area is 128 Å². The standard InChI is InChI=1S/C18H17NO3/c1-12-3-6-15(7-4-12)22-11-14-10-19(2)17-8-5-13(18(20)21)9-16(14)17/h3-10H,11H2,1-2H3,(H,20,21). The highest BCUT2D eigenvalue weighted by atomic mass is 16.5. The van der Waals surface area contributed by atoms with Crippen LogP contribution >= 0.6 is 0 Å². The molecule has 0 fully saturated rings. The molecule has 3 rings (SSSR count). The number of rotatable bonds is 4. The maximum atomic E-state index is 11.1. The molecule has 0 aliphatic rings. The van der Waals surface area contributed by atoms with Gasteiger partial charge in [0, 0.05) is 29.7 Å². The Hall–Kier alpha value is -2.75. The summed E-state index contributed by atoms with van der Waals surface area (Å²) in [5.41, 5.74) is 3.44. The fourth-order valence-corrected chi connectivity index (χ4v) is 2.52. The van der Waals surface area contributed by atoms with Crippen LogP contribution in [0.3, 0.4) is 0 Å². The van der Waals surface area contributed by atoms with Gasteiger partial charge in [0.15, 0.2) is 0 Å². The summed E-state index contributed by atoms with van der Waals surface area (Å²) in [7, 11) is 1.94. The van der Waals surface area contributed by atoms with Gasteiger partial charge in [-0.25, -0.2) is 4.79 Å². The molecule has 0 aliphatic heterocycles. The first kappa shape index (κ1) is 14.2. The Kier molecular flexibility index (Phi) is 3.59. The summed E-state index contributed by atoms with van der Waals surface area (Å²) in [5, 5.41) is 10.0. The van der Waals surface area contributed by atoms with Gasteiger partial charge in [-0.05, 0) is 37.3 Å². The second-order valence-electron chi connectivity index (χ2n) is 5.40. The number of hydrogen-bond acceptors (Lipinski definition) is 2. The van der Waals surface area contributed by atoms with Crippen molar-refractivity contribution in [2.75, 3.05) is 0 Å². The summed E-state index contributed by atoms with van der Waals surface area (Å²) in [6.07, 6.45) is 1.98. The lowest BCUT2D eigenvalue weighted by atomic mass is 10.1. The van der Waals surface area contributed by atoms with E-state index in [1.807, 2.05) is 55.1 Å². The molecule has 4 nitrogen and oxygen atoms in total. The predicted molar refractivity (Wildman–Crippen MR) is 85.4 cm³/mol. The highest BCUT2D eigenvalue weighted by Crippen LogP contribution is 2.24. The highest BCUT2D eigenvalue weighted by Gasteiger charge is 2.11. The minimum absolute atomic E-state index is 0.287. The molecule has 0 aliphatic carbocycles. The number of benzene rings is 2. The first-order valence-corrected chi connectivity index (χ1v) is 7.05. The average molecular weight is 295 g/mol. The van der Waals surface area contributed by atoms with Gasteiger partial charge in [-0.15, -0.1) is 0 Å². The Bertz CT molecular complexity index is 831. The number of ether oxygens (including phenoxy) is 1. The summed E-state index contributed by atoms with van der Waals surface area (Å²) in [6, 6.07) is 13.0. The first-order chi connectivity index (χ1) is 10.5. The van der Waals surface area contributed by atoms with Crippen LogP contribution < -0.4 is 4.74 Å². The Morgan fingerprint density at radius 3 is 2.59 bits per heavy atom. The van der Waals surface area contributed by atoms with E-state index in [1.54, 1.807) is 12.1 Å². The molecular weight excluding hydrogens is 278 g/mol. The van der Waals surface area contributed by atoms with Crippen molar-refractivity contribution in [3.8, 4) is 5.75 Å². The molecule has 22 heavy (non-hydrogen) atoms. The zero-order chi connectivity index (χ0) is 15.7. The third-order valence-electron chi connectivity index (χ3n) is 3.73. The van der Waals surface area contributed by atoms with Gasteiger partial charge in [0.25, 0.3) is 0 Å². The van der Waals surface area contributed by atoms with Crippen LogP contribution in [-0.4, -0.2) is 15.6 Å². The molecule has 0 unspecified atom stereocenters. The topological polar surface area (TPSA) is 51.5 Å². The van der Waals surface area contributed by atoms with Gasteiger partial charge in [0.05, 0.1) is 5.56 Å². The number of aromatic nitrogens is 1. The fraction of sp³-hybridized carbons (Fsp3) is 0.167. The minimum atomic E-state index is -0.920. The van der Waals surface area contributed by atoms with E-state index in [2.05, 4.69) is 0 Å². The molecule has 0 amide bonds. The van der Waals surface area contributed by atoms with Crippen molar-refractivity contribution in [3.05, 3.63) is 65.4 Å². The van der Waals surface area contributed by atoms with Crippen LogP contribution in [0, 0.1) is 6.92 Å². The van der Waals surface area contributed by atoms with Gasteiger partial charge in [-0.2, -0.15) is 0 Å². The summed E-state index contributed by atoms with van der Waals surface area (Å²) < 4.78 is 7.79. The second kappa shape index (κ2) is 5.56. The third-order valence-corrected chi connectivity index (χ3v) is 3.73. The lowest BCUT2D eigenvalue weighted by molar-refractivity contribution is 0.0697. The summed E-state index contributed by atoms with van der Waals surface area (Å²) in [5.74, 6) is -0.117. The number of aromatic carboxylic acids is 1. The van der Waals surface area contributed by atoms with Crippen LogP contribution in [0.4, 0.5) is 0 Å². The molecule has 2 aromatic carbocycles. The van der Waals surface area contributed by atoms with E-state index in [4.69, 9.17) is 9.84 Å². The lowest BCUT2D eigenvalue weighted by Gasteiger charge is -2.06. The fourth-order valence-electron chi connectivity index (χ4n) is 2.52. The molecule has 0 saturated heterocycles. The quantitative estimate of drug-likeness (QED) is 0.797. The van der Waals surface area contributed by atoms with Gasteiger partial charge >= 0.3 is 5.97 Å². The van der Waals surface area contributed by atoms with Crippen molar-refractivity contribution in [3.63, 3.8) is 0 Å².